The zero-order valence-corrected chi connectivity index (χ0v) is 21.7. The first-order valence-corrected chi connectivity index (χ1v) is 12.4. The zero-order valence-electron chi connectivity index (χ0n) is 20.9. The van der Waals surface area contributed by atoms with Crippen LogP contribution in [0.1, 0.15) is 59.0 Å². The summed E-state index contributed by atoms with van der Waals surface area (Å²) in [4.78, 5) is 18.7. The van der Waals surface area contributed by atoms with Crippen LogP contribution in [0.25, 0.3) is 5.70 Å². The van der Waals surface area contributed by atoms with Crippen molar-refractivity contribution in [1.82, 2.24) is 15.2 Å². The van der Waals surface area contributed by atoms with E-state index in [-0.39, 0.29) is 0 Å². The summed E-state index contributed by atoms with van der Waals surface area (Å²) in [7, 11) is 0. The largest absolute Gasteiger partial charge is 0.366 e. The number of hydrogen-bond acceptors (Lipinski definition) is 4. The van der Waals surface area contributed by atoms with Crippen LogP contribution >= 0.6 is 12.2 Å². The van der Waals surface area contributed by atoms with Crippen LogP contribution < -0.4 is 5.32 Å². The number of nitrogens with zero attached hydrogens (tertiary/aromatic N) is 2. The third-order valence-corrected chi connectivity index (χ3v) is 7.37. The number of aromatic amines is 1. The third-order valence-electron chi connectivity index (χ3n) is 7.05. The van der Waals surface area contributed by atoms with Crippen LogP contribution in [0.5, 0.6) is 0 Å². The van der Waals surface area contributed by atoms with E-state index < -0.39 is 11.8 Å². The summed E-state index contributed by atoms with van der Waals surface area (Å²) in [6, 6.07) is 7.51. The van der Waals surface area contributed by atoms with E-state index in [1.165, 1.54) is 16.7 Å². The Kier molecular flexibility index (Phi) is 7.09. The van der Waals surface area contributed by atoms with Gasteiger partial charge in [0, 0.05) is 24.3 Å². The van der Waals surface area contributed by atoms with Crippen molar-refractivity contribution in [3.05, 3.63) is 87.3 Å². The summed E-state index contributed by atoms with van der Waals surface area (Å²) in [5.41, 5.74) is 11.4. The van der Waals surface area contributed by atoms with Crippen LogP contribution in [-0.4, -0.2) is 33.2 Å². The lowest BCUT2D eigenvalue weighted by Crippen LogP contribution is -2.41. The number of carbonyl (C=O) groups excluding carboxylic acids is 1. The molecule has 1 aromatic carbocycles. The Morgan fingerprint density at radius 1 is 1.29 bits per heavy atom. The van der Waals surface area contributed by atoms with E-state index in [1.807, 2.05) is 13.0 Å². The second-order valence-corrected chi connectivity index (χ2v) is 10.1. The Bertz CT molecular complexity index is 1320. The fourth-order valence-corrected chi connectivity index (χ4v) is 5.66. The van der Waals surface area contributed by atoms with Gasteiger partial charge < -0.3 is 15.2 Å². The van der Waals surface area contributed by atoms with Gasteiger partial charge in [-0.25, -0.2) is 0 Å². The minimum absolute atomic E-state index is 0.485. The van der Waals surface area contributed by atoms with Gasteiger partial charge >= 0.3 is 0 Å². The molecular formula is C29H32N4OS. The molecule has 2 aromatic rings. The summed E-state index contributed by atoms with van der Waals surface area (Å²) in [5.74, 6) is -0.486. The third kappa shape index (κ3) is 5.16. The van der Waals surface area contributed by atoms with Gasteiger partial charge in [-0.2, -0.15) is 5.26 Å². The highest BCUT2D eigenvalue weighted by atomic mass is 32.1. The Labute approximate surface area is 213 Å². The van der Waals surface area contributed by atoms with Crippen LogP contribution in [0.2, 0.25) is 0 Å². The minimum Gasteiger partial charge on any atom is -0.366 e. The van der Waals surface area contributed by atoms with Crippen LogP contribution in [0.4, 0.5) is 0 Å². The molecule has 0 amide bonds. The maximum atomic E-state index is 12.4. The van der Waals surface area contributed by atoms with Crippen molar-refractivity contribution >= 4 is 28.7 Å². The number of aromatic nitrogens is 1. The molecule has 35 heavy (non-hydrogen) atoms. The van der Waals surface area contributed by atoms with Gasteiger partial charge in [-0.15, -0.1) is 0 Å². The Balaban J connectivity index is 1.54. The number of hydrogen-bond donors (Lipinski definition) is 2. The van der Waals surface area contributed by atoms with E-state index in [9.17, 15) is 10.1 Å². The number of carbonyl (C=O) groups is 1. The van der Waals surface area contributed by atoms with Crippen molar-refractivity contribution in [2.24, 2.45) is 0 Å². The topological polar surface area (TPSA) is 71.9 Å². The number of rotatable bonds is 7. The molecule has 5 nitrogen and oxygen atoms in total. The van der Waals surface area contributed by atoms with Gasteiger partial charge in [-0.1, -0.05) is 48.2 Å². The predicted molar refractivity (Wildman–Crippen MR) is 145 cm³/mol. The lowest BCUT2D eigenvalue weighted by Gasteiger charge is -2.34. The van der Waals surface area contributed by atoms with E-state index in [4.69, 9.17) is 12.2 Å². The first-order valence-electron chi connectivity index (χ1n) is 12.0. The van der Waals surface area contributed by atoms with Crippen LogP contribution in [0.3, 0.4) is 0 Å². The number of ketones is 1. The van der Waals surface area contributed by atoms with Gasteiger partial charge in [0.15, 0.2) is 0 Å². The molecule has 0 radical (unpaired) electrons. The molecule has 2 N–H and O–H groups in total. The molecule has 0 spiro atoms. The molecule has 4 rings (SSSR count). The average molecular weight is 485 g/mol. The number of allylic oxidation sites excluding steroid dienone is 3. The van der Waals surface area contributed by atoms with Gasteiger partial charge in [-0.3, -0.25) is 4.79 Å². The summed E-state index contributed by atoms with van der Waals surface area (Å²) < 4.78 is 0. The number of aryl methyl sites for hydroxylation is 2. The monoisotopic (exact) mass is 484 g/mol. The smallest absolute Gasteiger partial charge is 0.254 e. The molecule has 0 bridgehead atoms. The number of nitrogens with one attached hydrogen (secondary N) is 2. The maximum absolute atomic E-state index is 12.4. The molecule has 2 aliphatic rings. The predicted octanol–water partition coefficient (Wildman–Crippen LogP) is 5.36. The molecule has 0 saturated heterocycles. The van der Waals surface area contributed by atoms with Gasteiger partial charge in [0.25, 0.3) is 5.78 Å². The number of nitriles is 1. The average Bonchev–Trinajstić information content (AvgIpc) is 3.44. The molecule has 1 unspecified atom stereocenters. The van der Waals surface area contributed by atoms with Gasteiger partial charge in [-0.05, 0) is 81.3 Å². The second kappa shape index (κ2) is 10.1. The standard InChI is InChI=1S/C29H32N4OS/c1-17-6-8-22(12-17)14-26(27(34)15-30)32-29(35)28-18(2)13-23-16-33(11-10-24(23)20(28)4)21(5)25-9-7-19(3)31-25/h6-9,13,26,31H,5,10-12,14,16H2,1-4H3,(H,32,35). The van der Waals surface area contributed by atoms with E-state index in [0.29, 0.717) is 11.4 Å². The summed E-state index contributed by atoms with van der Waals surface area (Å²) in [5, 5.41) is 12.5. The maximum Gasteiger partial charge on any atom is 0.254 e. The molecule has 2 heterocycles. The van der Waals surface area contributed by atoms with Crippen molar-refractivity contribution in [2.75, 3.05) is 6.54 Å². The summed E-state index contributed by atoms with van der Waals surface area (Å²) >= 11 is 5.81. The molecular weight excluding hydrogens is 452 g/mol. The number of Topliss-reactive ketones (excluding diaryl/α,β-unsaturated/α-hetero) is 1. The molecule has 1 atom stereocenters. The molecule has 6 heteroatoms. The Hall–Kier alpha value is -3.43. The van der Waals surface area contributed by atoms with Crippen molar-refractivity contribution < 1.29 is 4.79 Å². The molecule has 180 valence electrons. The van der Waals surface area contributed by atoms with E-state index >= 15 is 0 Å². The number of H-pyrrole nitrogens is 1. The Morgan fingerprint density at radius 3 is 2.69 bits per heavy atom. The zero-order chi connectivity index (χ0) is 25.3. The van der Waals surface area contributed by atoms with Crippen molar-refractivity contribution in [2.45, 2.75) is 59.5 Å². The number of thiocarbonyl (C=S) groups is 1. The first kappa shape index (κ1) is 24.7. The number of benzene rings is 1. The fourth-order valence-electron chi connectivity index (χ4n) is 5.21. The highest BCUT2D eigenvalue weighted by molar-refractivity contribution is 7.80. The highest BCUT2D eigenvalue weighted by Crippen LogP contribution is 2.31. The highest BCUT2D eigenvalue weighted by Gasteiger charge is 2.26. The first-order chi connectivity index (χ1) is 16.7. The normalized spacial score (nSPS) is 15.6. The van der Waals surface area contributed by atoms with Crippen molar-refractivity contribution in [1.29, 1.82) is 5.26 Å². The van der Waals surface area contributed by atoms with E-state index in [2.05, 4.69) is 66.8 Å². The minimum atomic E-state index is -0.643. The van der Waals surface area contributed by atoms with Gasteiger partial charge in [0.2, 0.25) is 0 Å². The SMILES string of the molecule is C=C(c1ccc(C)[nH]1)N1CCc2c(cc(C)c(C(=S)NC(CC3=CC=C(C)C3)C(=O)C#N)c2C)C1. The van der Waals surface area contributed by atoms with Crippen LogP contribution in [0, 0.1) is 32.1 Å². The van der Waals surface area contributed by atoms with Crippen molar-refractivity contribution in [3.63, 3.8) is 0 Å². The quantitative estimate of drug-likeness (QED) is 0.409. The summed E-state index contributed by atoms with van der Waals surface area (Å²) in [6.07, 6.45) is 6.33. The fraction of sp³-hybridized carbons (Fsp3) is 0.345. The summed E-state index contributed by atoms with van der Waals surface area (Å²) in [6.45, 7) is 14.3. The van der Waals surface area contributed by atoms with Gasteiger partial charge in [0.05, 0.1) is 11.4 Å². The van der Waals surface area contributed by atoms with Crippen molar-refractivity contribution in [3.8, 4) is 6.07 Å². The molecule has 0 saturated carbocycles. The molecule has 1 aromatic heterocycles. The molecule has 1 aliphatic heterocycles. The molecule has 1 aliphatic carbocycles. The van der Waals surface area contributed by atoms with Crippen LogP contribution in [0.15, 0.2) is 48.1 Å². The van der Waals surface area contributed by atoms with E-state index in [1.54, 1.807) is 6.07 Å². The van der Waals surface area contributed by atoms with Gasteiger partial charge in [0.1, 0.15) is 17.1 Å². The number of fused-ring (bicyclic) bond motifs is 1. The Morgan fingerprint density at radius 2 is 2.06 bits per heavy atom. The lowest BCUT2D eigenvalue weighted by molar-refractivity contribution is -0.115. The second-order valence-electron chi connectivity index (χ2n) is 9.73. The lowest BCUT2D eigenvalue weighted by atomic mass is 9.88. The van der Waals surface area contributed by atoms with Crippen LogP contribution in [-0.2, 0) is 17.8 Å². The van der Waals surface area contributed by atoms with E-state index in [0.717, 1.165) is 65.3 Å². The molecule has 0 fully saturated rings.